The average Bonchev–Trinajstić information content (AvgIpc) is 2.30. The maximum Gasteiger partial charge on any atom is 0.257 e. The second-order valence-corrected chi connectivity index (χ2v) is 4.94. The van der Waals surface area contributed by atoms with Crippen molar-refractivity contribution in [3.05, 3.63) is 28.3 Å². The molecule has 18 heavy (non-hydrogen) atoms. The molecule has 0 unspecified atom stereocenters. The molecule has 4 heteroatoms. The molecule has 0 heterocycles. The minimum absolute atomic E-state index is 0.0363. The molecule has 0 saturated carbocycles. The third-order valence-corrected chi connectivity index (χ3v) is 3.05. The van der Waals surface area contributed by atoms with E-state index in [-0.39, 0.29) is 12.5 Å². The molecule has 1 aromatic rings. The first-order chi connectivity index (χ1) is 8.45. The van der Waals surface area contributed by atoms with Crippen molar-refractivity contribution in [2.75, 3.05) is 13.2 Å². The normalized spacial score (nSPS) is 10.6. The monoisotopic (exact) mass is 269 g/mol. The molecule has 0 atom stereocenters. The van der Waals surface area contributed by atoms with Crippen molar-refractivity contribution in [3.8, 4) is 5.75 Å². The summed E-state index contributed by atoms with van der Waals surface area (Å²) in [6.45, 7) is 8.59. The summed E-state index contributed by atoms with van der Waals surface area (Å²) in [5.74, 6) is 0.922. The summed E-state index contributed by atoms with van der Waals surface area (Å²) >= 11 is 6.11. The van der Waals surface area contributed by atoms with Crippen LogP contribution in [0.2, 0.25) is 5.02 Å². The van der Waals surface area contributed by atoms with Gasteiger partial charge in [-0.1, -0.05) is 25.4 Å². The molecule has 0 spiro atoms. The van der Waals surface area contributed by atoms with E-state index < -0.39 is 0 Å². The van der Waals surface area contributed by atoms with Crippen LogP contribution < -0.4 is 10.1 Å². The summed E-state index contributed by atoms with van der Waals surface area (Å²) in [5.41, 5.74) is 1.97. The predicted molar refractivity (Wildman–Crippen MR) is 74.5 cm³/mol. The zero-order chi connectivity index (χ0) is 13.7. The second-order valence-electron chi connectivity index (χ2n) is 4.54. The van der Waals surface area contributed by atoms with E-state index in [1.807, 2.05) is 26.0 Å². The number of rotatable bonds is 5. The van der Waals surface area contributed by atoms with Crippen molar-refractivity contribution < 1.29 is 9.53 Å². The third-order valence-electron chi connectivity index (χ3n) is 2.65. The van der Waals surface area contributed by atoms with Crippen molar-refractivity contribution in [3.63, 3.8) is 0 Å². The van der Waals surface area contributed by atoms with Crippen LogP contribution in [0.4, 0.5) is 0 Å². The Morgan fingerprint density at radius 2 is 2.11 bits per heavy atom. The molecule has 0 aliphatic heterocycles. The Balaban J connectivity index is 2.86. The topological polar surface area (TPSA) is 38.3 Å². The summed E-state index contributed by atoms with van der Waals surface area (Å²) in [4.78, 5) is 11.4. The van der Waals surface area contributed by atoms with Crippen LogP contribution in [-0.2, 0) is 4.79 Å². The first kappa shape index (κ1) is 14.8. The van der Waals surface area contributed by atoms with Crippen LogP contribution in [-0.4, -0.2) is 19.1 Å². The molecule has 1 rings (SSSR count). The van der Waals surface area contributed by atoms with Crippen LogP contribution in [0.3, 0.4) is 0 Å². The molecule has 1 N–H and O–H groups in total. The lowest BCUT2D eigenvalue weighted by molar-refractivity contribution is -0.123. The Labute approximate surface area is 113 Å². The number of halogens is 1. The number of carbonyl (C=O) groups excluding carboxylic acids is 1. The maximum absolute atomic E-state index is 11.4. The van der Waals surface area contributed by atoms with Crippen LogP contribution in [0.1, 0.15) is 37.8 Å². The molecule has 0 aliphatic carbocycles. The molecule has 0 radical (unpaired) electrons. The van der Waals surface area contributed by atoms with Crippen molar-refractivity contribution in [2.45, 2.75) is 33.6 Å². The van der Waals surface area contributed by atoms with Crippen molar-refractivity contribution >= 4 is 17.5 Å². The Hall–Kier alpha value is -1.22. The number of hydrogen-bond acceptors (Lipinski definition) is 2. The lowest BCUT2D eigenvalue weighted by Crippen LogP contribution is -2.28. The molecule has 1 amide bonds. The van der Waals surface area contributed by atoms with E-state index >= 15 is 0 Å². The number of aryl methyl sites for hydroxylation is 1. The number of ether oxygens (including phenoxy) is 1. The second kappa shape index (κ2) is 6.64. The molecule has 0 bridgehead atoms. The fraction of sp³-hybridized carbons (Fsp3) is 0.500. The van der Waals surface area contributed by atoms with Gasteiger partial charge in [0, 0.05) is 11.6 Å². The fourth-order valence-corrected chi connectivity index (χ4v) is 1.81. The lowest BCUT2D eigenvalue weighted by atomic mass is 10.0. The van der Waals surface area contributed by atoms with E-state index in [4.69, 9.17) is 16.3 Å². The van der Waals surface area contributed by atoms with E-state index in [1.165, 1.54) is 0 Å². The minimum Gasteiger partial charge on any atom is -0.483 e. The van der Waals surface area contributed by atoms with Gasteiger partial charge in [0.15, 0.2) is 6.61 Å². The molecule has 3 nitrogen and oxygen atoms in total. The molecule has 0 saturated heterocycles. The van der Waals surface area contributed by atoms with Gasteiger partial charge in [0.2, 0.25) is 0 Å². The van der Waals surface area contributed by atoms with Gasteiger partial charge in [0.05, 0.1) is 0 Å². The standard InChI is InChI=1S/C14H20ClNO2/c1-5-16-14(17)8-18-13-6-10(4)12(15)7-11(13)9(2)3/h6-7,9H,5,8H2,1-4H3,(H,16,17). The first-order valence-corrected chi connectivity index (χ1v) is 6.53. The number of nitrogens with one attached hydrogen (secondary N) is 1. The number of amides is 1. The van der Waals surface area contributed by atoms with Gasteiger partial charge >= 0.3 is 0 Å². The van der Waals surface area contributed by atoms with Gasteiger partial charge in [-0.3, -0.25) is 4.79 Å². The van der Waals surface area contributed by atoms with Gasteiger partial charge in [0.1, 0.15) is 5.75 Å². The molecule has 1 aromatic carbocycles. The van der Waals surface area contributed by atoms with Crippen LogP contribution in [0.25, 0.3) is 0 Å². The van der Waals surface area contributed by atoms with E-state index in [9.17, 15) is 4.79 Å². The molecule has 0 aliphatic rings. The highest BCUT2D eigenvalue weighted by atomic mass is 35.5. The van der Waals surface area contributed by atoms with E-state index in [0.29, 0.717) is 12.5 Å². The molecule has 100 valence electrons. The van der Waals surface area contributed by atoms with E-state index in [1.54, 1.807) is 0 Å². The molecular weight excluding hydrogens is 250 g/mol. The predicted octanol–water partition coefficient (Wildman–Crippen LogP) is 3.29. The average molecular weight is 270 g/mol. The number of carbonyl (C=O) groups is 1. The quantitative estimate of drug-likeness (QED) is 0.891. The van der Waals surface area contributed by atoms with E-state index in [2.05, 4.69) is 19.2 Å². The maximum atomic E-state index is 11.4. The highest BCUT2D eigenvalue weighted by Crippen LogP contribution is 2.31. The fourth-order valence-electron chi connectivity index (χ4n) is 1.64. The van der Waals surface area contributed by atoms with E-state index in [0.717, 1.165) is 21.9 Å². The van der Waals surface area contributed by atoms with Gasteiger partial charge in [0.25, 0.3) is 5.91 Å². The van der Waals surface area contributed by atoms with Crippen LogP contribution >= 0.6 is 11.6 Å². The molecule has 0 aromatic heterocycles. The Morgan fingerprint density at radius 1 is 1.44 bits per heavy atom. The minimum atomic E-state index is -0.111. The van der Waals surface area contributed by atoms with Crippen molar-refractivity contribution in [1.82, 2.24) is 5.32 Å². The Kier molecular flexibility index (Phi) is 5.48. The van der Waals surface area contributed by atoms with Crippen LogP contribution in [0.15, 0.2) is 12.1 Å². The highest BCUT2D eigenvalue weighted by Gasteiger charge is 2.12. The van der Waals surface area contributed by atoms with Crippen molar-refractivity contribution in [1.29, 1.82) is 0 Å². The first-order valence-electron chi connectivity index (χ1n) is 6.15. The number of likely N-dealkylation sites (N-methyl/N-ethyl adjacent to an activating group) is 1. The van der Waals surface area contributed by atoms with Crippen LogP contribution in [0.5, 0.6) is 5.75 Å². The highest BCUT2D eigenvalue weighted by molar-refractivity contribution is 6.31. The lowest BCUT2D eigenvalue weighted by Gasteiger charge is -2.15. The summed E-state index contributed by atoms with van der Waals surface area (Å²) in [5, 5.41) is 3.43. The summed E-state index contributed by atoms with van der Waals surface area (Å²) < 4.78 is 5.58. The zero-order valence-corrected chi connectivity index (χ0v) is 12.1. The van der Waals surface area contributed by atoms with Gasteiger partial charge in [-0.25, -0.2) is 0 Å². The molecular formula is C14H20ClNO2. The third kappa shape index (κ3) is 3.91. The van der Waals surface area contributed by atoms with Gasteiger partial charge in [-0.2, -0.15) is 0 Å². The van der Waals surface area contributed by atoms with Gasteiger partial charge in [-0.15, -0.1) is 0 Å². The smallest absolute Gasteiger partial charge is 0.257 e. The number of benzene rings is 1. The number of hydrogen-bond donors (Lipinski definition) is 1. The summed E-state index contributed by atoms with van der Waals surface area (Å²) in [7, 11) is 0. The van der Waals surface area contributed by atoms with Crippen LogP contribution in [0, 0.1) is 6.92 Å². The zero-order valence-electron chi connectivity index (χ0n) is 11.3. The largest absolute Gasteiger partial charge is 0.483 e. The Morgan fingerprint density at radius 3 is 2.67 bits per heavy atom. The summed E-state index contributed by atoms with van der Waals surface area (Å²) in [6.07, 6.45) is 0. The molecule has 0 fully saturated rings. The summed E-state index contributed by atoms with van der Waals surface area (Å²) in [6, 6.07) is 3.80. The van der Waals surface area contributed by atoms with Crippen molar-refractivity contribution in [2.24, 2.45) is 0 Å². The van der Waals surface area contributed by atoms with Gasteiger partial charge < -0.3 is 10.1 Å². The Bertz CT molecular complexity index is 430. The van der Waals surface area contributed by atoms with Gasteiger partial charge in [-0.05, 0) is 43.0 Å². The SMILES string of the molecule is CCNC(=O)COc1cc(C)c(Cl)cc1C(C)C.